The van der Waals surface area contributed by atoms with E-state index in [-0.39, 0.29) is 7.43 Å². The maximum atomic E-state index is 5.25. The summed E-state index contributed by atoms with van der Waals surface area (Å²) in [5, 5.41) is 0. The van der Waals surface area contributed by atoms with Crippen LogP contribution in [0, 0.1) is 5.92 Å². The lowest BCUT2D eigenvalue weighted by molar-refractivity contribution is 0.133. The monoisotopic (exact) mass is 192 g/mol. The van der Waals surface area contributed by atoms with Crippen LogP contribution in [-0.2, 0) is 4.74 Å². The van der Waals surface area contributed by atoms with E-state index in [9.17, 15) is 0 Å². The minimum atomic E-state index is 0. The fourth-order valence-corrected chi connectivity index (χ4v) is 1.22. The first-order valence-electron chi connectivity index (χ1n) is 4.53. The second-order valence-corrected chi connectivity index (χ2v) is 3.17. The maximum Gasteiger partial charge on any atom is 0.0892 e. The molecule has 0 amide bonds. The predicted octanol–water partition coefficient (Wildman–Crippen LogP) is 3.74. The normalized spacial score (nSPS) is 12.2. The first kappa shape index (κ1) is 14.8. The van der Waals surface area contributed by atoms with Gasteiger partial charge >= 0.3 is 0 Å². The van der Waals surface area contributed by atoms with Crippen molar-refractivity contribution >= 4 is 12.6 Å². The summed E-state index contributed by atoms with van der Waals surface area (Å²) < 4.78 is 5.25. The van der Waals surface area contributed by atoms with Gasteiger partial charge in [0, 0.05) is 0 Å². The Morgan fingerprint density at radius 3 is 2.42 bits per heavy atom. The van der Waals surface area contributed by atoms with E-state index >= 15 is 0 Å². The van der Waals surface area contributed by atoms with Crippen molar-refractivity contribution in [2.24, 2.45) is 5.92 Å². The average molecular weight is 192 g/mol. The number of hydrogen-bond donors (Lipinski definition) is 1. The van der Waals surface area contributed by atoms with Crippen molar-refractivity contribution in [3.05, 3.63) is 0 Å². The Morgan fingerprint density at radius 2 is 2.00 bits per heavy atom. The topological polar surface area (TPSA) is 9.23 Å². The lowest BCUT2D eigenvalue weighted by Gasteiger charge is -2.12. The van der Waals surface area contributed by atoms with Crippen LogP contribution in [0.15, 0.2) is 0 Å². The molecule has 1 nitrogen and oxygen atoms in total. The zero-order valence-electron chi connectivity index (χ0n) is 7.68. The fraction of sp³-hybridized carbons (Fsp3) is 1.00. The summed E-state index contributed by atoms with van der Waals surface area (Å²) in [6, 6.07) is 0. The molecule has 0 saturated carbocycles. The summed E-state index contributed by atoms with van der Waals surface area (Å²) in [5.74, 6) is 1.31. The molecule has 0 radical (unpaired) electrons. The number of unbranched alkanes of at least 4 members (excludes halogenated alkanes) is 1. The van der Waals surface area contributed by atoms with Crippen LogP contribution in [0.5, 0.6) is 0 Å². The van der Waals surface area contributed by atoms with Crippen LogP contribution in [0.2, 0.25) is 0 Å². The van der Waals surface area contributed by atoms with Crippen LogP contribution in [0.25, 0.3) is 0 Å². The van der Waals surface area contributed by atoms with Gasteiger partial charge in [0.15, 0.2) is 0 Å². The van der Waals surface area contributed by atoms with Gasteiger partial charge in [-0.15, -0.1) is 0 Å². The molecule has 1 unspecified atom stereocenters. The van der Waals surface area contributed by atoms with Crippen LogP contribution in [0.1, 0.15) is 47.0 Å². The largest absolute Gasteiger partial charge is 0.371 e. The van der Waals surface area contributed by atoms with E-state index in [1.165, 1.54) is 25.7 Å². The molecule has 0 aromatic heterocycles. The molecule has 0 aliphatic heterocycles. The van der Waals surface area contributed by atoms with Crippen LogP contribution < -0.4 is 0 Å². The standard InChI is InChI=1S/C9H20OS.CH4/c1-3-5-6-9(4-2)7-10-8-11;/h9,11H,3-8H2,1-2H3;1H4. The van der Waals surface area contributed by atoms with E-state index in [1.54, 1.807) is 0 Å². The lowest BCUT2D eigenvalue weighted by atomic mass is 10.0. The Hall–Kier alpha value is 0.310. The van der Waals surface area contributed by atoms with Gasteiger partial charge in [0.1, 0.15) is 0 Å². The minimum Gasteiger partial charge on any atom is -0.371 e. The SMILES string of the molecule is C.CCCCC(CC)COCS. The molecule has 0 aliphatic rings. The number of rotatable bonds is 7. The van der Waals surface area contributed by atoms with Gasteiger partial charge < -0.3 is 4.74 Å². The van der Waals surface area contributed by atoms with Gasteiger partial charge in [-0.3, -0.25) is 0 Å². The molecule has 0 bridgehead atoms. The third-order valence-electron chi connectivity index (χ3n) is 1.99. The Morgan fingerprint density at radius 1 is 1.33 bits per heavy atom. The molecule has 0 aromatic rings. The van der Waals surface area contributed by atoms with E-state index in [2.05, 4.69) is 26.5 Å². The smallest absolute Gasteiger partial charge is 0.0892 e. The Bertz CT molecular complexity index is 68.2. The van der Waals surface area contributed by atoms with Crippen LogP contribution in [0.4, 0.5) is 0 Å². The van der Waals surface area contributed by atoms with Crippen LogP contribution >= 0.6 is 12.6 Å². The molecule has 0 N–H and O–H groups in total. The molecular formula is C10H24OS. The van der Waals surface area contributed by atoms with Gasteiger partial charge in [0.2, 0.25) is 0 Å². The summed E-state index contributed by atoms with van der Waals surface area (Å²) in [5.41, 5.74) is 0. The Kier molecular flexibility index (Phi) is 14.0. The first-order valence-corrected chi connectivity index (χ1v) is 5.16. The van der Waals surface area contributed by atoms with Crippen LogP contribution in [0.3, 0.4) is 0 Å². The van der Waals surface area contributed by atoms with Gasteiger partial charge in [-0.2, -0.15) is 12.6 Å². The Balaban J connectivity index is 0. The molecule has 0 aromatic carbocycles. The summed E-state index contributed by atoms with van der Waals surface area (Å²) in [7, 11) is 0. The summed E-state index contributed by atoms with van der Waals surface area (Å²) in [6.45, 7) is 5.34. The molecule has 0 fully saturated rings. The van der Waals surface area contributed by atoms with Gasteiger partial charge in [0.25, 0.3) is 0 Å². The van der Waals surface area contributed by atoms with E-state index in [1.807, 2.05) is 0 Å². The van der Waals surface area contributed by atoms with Crippen molar-refractivity contribution in [2.45, 2.75) is 47.0 Å². The van der Waals surface area contributed by atoms with Crippen molar-refractivity contribution in [1.82, 2.24) is 0 Å². The van der Waals surface area contributed by atoms with Gasteiger partial charge in [-0.25, -0.2) is 0 Å². The highest BCUT2D eigenvalue weighted by Gasteiger charge is 2.04. The van der Waals surface area contributed by atoms with E-state index < -0.39 is 0 Å². The molecule has 0 aliphatic carbocycles. The number of hydrogen-bond acceptors (Lipinski definition) is 2. The fourth-order valence-electron chi connectivity index (χ4n) is 1.12. The van der Waals surface area contributed by atoms with Crippen LogP contribution in [-0.4, -0.2) is 12.5 Å². The first-order chi connectivity index (χ1) is 5.35. The average Bonchev–Trinajstić information content (AvgIpc) is 2.05. The molecule has 0 heterocycles. The molecule has 12 heavy (non-hydrogen) atoms. The number of ether oxygens (including phenoxy) is 1. The quantitative estimate of drug-likeness (QED) is 0.477. The highest BCUT2D eigenvalue weighted by atomic mass is 32.1. The molecule has 0 rings (SSSR count). The lowest BCUT2D eigenvalue weighted by Crippen LogP contribution is -2.07. The number of thiol groups is 1. The van der Waals surface area contributed by atoms with E-state index in [0.29, 0.717) is 5.94 Å². The van der Waals surface area contributed by atoms with Gasteiger partial charge in [-0.05, 0) is 12.3 Å². The third-order valence-corrected chi connectivity index (χ3v) is 2.17. The summed E-state index contributed by atoms with van der Waals surface area (Å²) >= 11 is 4.00. The third kappa shape index (κ3) is 8.41. The van der Waals surface area contributed by atoms with Crippen molar-refractivity contribution in [2.75, 3.05) is 12.5 Å². The molecule has 2 heteroatoms. The van der Waals surface area contributed by atoms with Gasteiger partial charge in [-0.1, -0.05) is 40.5 Å². The van der Waals surface area contributed by atoms with E-state index in [4.69, 9.17) is 4.74 Å². The summed E-state index contributed by atoms with van der Waals surface area (Å²) in [4.78, 5) is 0. The molecular weight excluding hydrogens is 168 g/mol. The molecule has 76 valence electrons. The maximum absolute atomic E-state index is 5.25. The zero-order chi connectivity index (χ0) is 8.53. The van der Waals surface area contributed by atoms with Crippen molar-refractivity contribution in [1.29, 1.82) is 0 Å². The molecule has 0 spiro atoms. The predicted molar refractivity (Wildman–Crippen MR) is 59.8 cm³/mol. The van der Waals surface area contributed by atoms with Crippen molar-refractivity contribution in [3.8, 4) is 0 Å². The Labute approximate surface area is 83.3 Å². The molecule has 0 saturated heterocycles. The van der Waals surface area contributed by atoms with Crippen molar-refractivity contribution < 1.29 is 4.74 Å². The van der Waals surface area contributed by atoms with Gasteiger partial charge in [0.05, 0.1) is 12.5 Å². The zero-order valence-corrected chi connectivity index (χ0v) is 8.57. The second-order valence-electron chi connectivity index (χ2n) is 2.92. The summed E-state index contributed by atoms with van der Waals surface area (Å²) in [6.07, 6.45) is 5.15. The molecule has 1 atom stereocenters. The van der Waals surface area contributed by atoms with Crippen molar-refractivity contribution in [3.63, 3.8) is 0 Å². The van der Waals surface area contributed by atoms with E-state index in [0.717, 1.165) is 12.5 Å². The highest BCUT2D eigenvalue weighted by molar-refractivity contribution is 7.80. The second kappa shape index (κ2) is 11.3. The minimum absolute atomic E-state index is 0. The highest BCUT2D eigenvalue weighted by Crippen LogP contribution is 2.12.